The average Bonchev–Trinajstić information content (AvgIpc) is 3.28. The summed E-state index contributed by atoms with van der Waals surface area (Å²) in [6.07, 6.45) is 1.17. The van der Waals surface area contributed by atoms with Gasteiger partial charge in [-0.1, -0.05) is 24.3 Å². The fraction of sp³-hybridized carbons (Fsp3) is 0.190. The molecule has 1 aromatic heterocycles. The van der Waals surface area contributed by atoms with E-state index >= 15 is 0 Å². The Morgan fingerprint density at radius 3 is 2.56 bits per heavy atom. The number of imidazole rings is 1. The molecule has 0 aliphatic carbocycles. The second-order valence-electron chi connectivity index (χ2n) is 6.57. The van der Waals surface area contributed by atoms with E-state index in [4.69, 9.17) is 15.2 Å². The summed E-state index contributed by atoms with van der Waals surface area (Å²) >= 11 is 0. The third kappa shape index (κ3) is 5.58. The van der Waals surface area contributed by atoms with Gasteiger partial charge in [-0.05, 0) is 31.2 Å². The Morgan fingerprint density at radius 2 is 1.91 bits per heavy atom. The Balaban J connectivity index is 1.71. The molecular formula is C21H22N4O6S. The van der Waals surface area contributed by atoms with E-state index in [1.54, 1.807) is 43.5 Å². The molecule has 3 rings (SSSR count). The van der Waals surface area contributed by atoms with Gasteiger partial charge in [0.15, 0.2) is 0 Å². The summed E-state index contributed by atoms with van der Waals surface area (Å²) < 4.78 is 37.3. The van der Waals surface area contributed by atoms with Gasteiger partial charge in [0.2, 0.25) is 10.0 Å². The lowest BCUT2D eigenvalue weighted by Crippen LogP contribution is -2.43. The number of H-pyrrole nitrogens is 1. The van der Waals surface area contributed by atoms with Crippen LogP contribution < -0.4 is 15.2 Å². The molecular weight excluding hydrogens is 436 g/mol. The van der Waals surface area contributed by atoms with Crippen LogP contribution in [0.3, 0.4) is 0 Å². The number of rotatable bonds is 9. The zero-order valence-corrected chi connectivity index (χ0v) is 18.0. The van der Waals surface area contributed by atoms with E-state index in [9.17, 15) is 18.0 Å². The van der Waals surface area contributed by atoms with Crippen LogP contribution in [-0.4, -0.2) is 43.1 Å². The van der Waals surface area contributed by atoms with Crippen LogP contribution in [0.5, 0.6) is 5.75 Å². The van der Waals surface area contributed by atoms with E-state index in [0.29, 0.717) is 23.6 Å². The number of sulfonamides is 1. The van der Waals surface area contributed by atoms with Gasteiger partial charge in [0.1, 0.15) is 5.75 Å². The van der Waals surface area contributed by atoms with Crippen LogP contribution in [0.1, 0.15) is 23.7 Å². The van der Waals surface area contributed by atoms with E-state index in [0.717, 1.165) is 0 Å². The highest BCUT2D eigenvalue weighted by Gasteiger charge is 2.24. The lowest BCUT2D eigenvalue weighted by atomic mass is 10.0. The van der Waals surface area contributed by atoms with Crippen LogP contribution in [0.25, 0.3) is 11.3 Å². The molecule has 0 unspecified atom stereocenters. The molecule has 3 aromatic rings. The molecule has 11 heteroatoms. The van der Waals surface area contributed by atoms with Crippen LogP contribution in [0.15, 0.2) is 66.0 Å². The molecule has 1 heterocycles. The van der Waals surface area contributed by atoms with E-state index in [-0.39, 0.29) is 10.5 Å². The van der Waals surface area contributed by atoms with Gasteiger partial charge in [-0.25, -0.2) is 18.2 Å². The lowest BCUT2D eigenvalue weighted by Gasteiger charge is -2.15. The Bertz CT molecular complexity index is 1180. The smallest absolute Gasteiger partial charge is 0.346 e. The molecule has 0 amide bonds. The van der Waals surface area contributed by atoms with Crippen LogP contribution in [0.4, 0.5) is 0 Å². The summed E-state index contributed by atoms with van der Waals surface area (Å²) in [6, 6.07) is 12.3. The molecule has 0 bridgehead atoms. The molecule has 0 saturated carbocycles. The van der Waals surface area contributed by atoms with Crippen molar-refractivity contribution in [2.75, 3.05) is 6.61 Å². The molecule has 168 valence electrons. The minimum absolute atomic E-state index is 0.00345. The topological polar surface area (TPSA) is 153 Å². The second kappa shape index (κ2) is 10.2. The summed E-state index contributed by atoms with van der Waals surface area (Å²) in [6.45, 7) is 2.14. The molecule has 0 aliphatic heterocycles. The first-order chi connectivity index (χ1) is 15.3. The Labute approximate surface area is 184 Å². The van der Waals surface area contributed by atoms with Crippen molar-refractivity contribution in [3.8, 4) is 17.0 Å². The third-order valence-corrected chi connectivity index (χ3v) is 5.76. The Morgan fingerprint density at radius 1 is 1.16 bits per heavy atom. The number of carbonyl (C=O) groups is 2. The van der Waals surface area contributed by atoms with E-state index in [2.05, 4.69) is 14.7 Å². The van der Waals surface area contributed by atoms with Crippen LogP contribution in [0, 0.1) is 0 Å². The largest absolute Gasteiger partial charge is 0.493 e. The summed E-state index contributed by atoms with van der Waals surface area (Å²) in [5, 5.41) is 0. The standard InChI is InChI=1S/C21H22N4O6S/c1-2-30-17-10-6-9-15(20(17)16-12-23-13-24-16)21(27)31-19(26)11-18(22)25-32(28,29)14-7-4-3-5-8-14/h3-10,12-13,18,25H,2,11,22H2,1H3,(H,23,24)/t18-/m0/s1. The highest BCUT2D eigenvalue weighted by Crippen LogP contribution is 2.32. The van der Waals surface area contributed by atoms with Gasteiger partial charge in [0, 0.05) is 6.20 Å². The Kier molecular flexibility index (Phi) is 7.36. The van der Waals surface area contributed by atoms with Gasteiger partial charge >= 0.3 is 11.9 Å². The number of hydrogen-bond donors (Lipinski definition) is 3. The second-order valence-corrected chi connectivity index (χ2v) is 8.29. The minimum Gasteiger partial charge on any atom is -0.493 e. The maximum absolute atomic E-state index is 12.7. The van der Waals surface area contributed by atoms with Crippen molar-refractivity contribution in [1.29, 1.82) is 0 Å². The van der Waals surface area contributed by atoms with Crippen molar-refractivity contribution in [2.24, 2.45) is 5.73 Å². The molecule has 0 aliphatic rings. The van der Waals surface area contributed by atoms with Crippen molar-refractivity contribution in [3.63, 3.8) is 0 Å². The van der Waals surface area contributed by atoms with Crippen molar-refractivity contribution in [1.82, 2.24) is 14.7 Å². The maximum atomic E-state index is 12.7. The van der Waals surface area contributed by atoms with E-state index in [1.165, 1.54) is 24.5 Å². The Hall–Kier alpha value is -3.54. The third-order valence-electron chi connectivity index (χ3n) is 4.25. The van der Waals surface area contributed by atoms with Crippen molar-refractivity contribution in [3.05, 3.63) is 66.6 Å². The van der Waals surface area contributed by atoms with Crippen molar-refractivity contribution < 1.29 is 27.5 Å². The molecule has 0 radical (unpaired) electrons. The number of carbonyl (C=O) groups excluding carboxylic acids is 2. The number of hydrogen-bond acceptors (Lipinski definition) is 8. The normalized spacial score (nSPS) is 12.2. The van der Waals surface area contributed by atoms with Gasteiger partial charge in [0.25, 0.3) is 0 Å². The number of nitrogens with one attached hydrogen (secondary N) is 2. The number of nitrogens with two attached hydrogens (primary N) is 1. The summed E-state index contributed by atoms with van der Waals surface area (Å²) in [5.74, 6) is -1.53. The van der Waals surface area contributed by atoms with Gasteiger partial charge in [-0.15, -0.1) is 0 Å². The molecule has 4 N–H and O–H groups in total. The van der Waals surface area contributed by atoms with Gasteiger partial charge in [-0.3, -0.25) is 4.79 Å². The average molecular weight is 458 g/mol. The zero-order valence-electron chi connectivity index (χ0n) is 17.1. The first kappa shape index (κ1) is 23.1. The summed E-state index contributed by atoms with van der Waals surface area (Å²) in [4.78, 5) is 31.9. The molecule has 0 saturated heterocycles. The molecule has 0 fully saturated rings. The van der Waals surface area contributed by atoms with Crippen LogP contribution in [0.2, 0.25) is 0 Å². The molecule has 2 aromatic carbocycles. The first-order valence-electron chi connectivity index (χ1n) is 9.64. The predicted octanol–water partition coefficient (Wildman–Crippen LogP) is 1.81. The zero-order chi connectivity index (χ0) is 23.1. The molecule has 32 heavy (non-hydrogen) atoms. The van der Waals surface area contributed by atoms with Crippen molar-refractivity contribution in [2.45, 2.75) is 24.4 Å². The van der Waals surface area contributed by atoms with E-state index in [1.807, 2.05) is 0 Å². The maximum Gasteiger partial charge on any atom is 0.346 e. The number of benzene rings is 2. The number of esters is 2. The van der Waals surface area contributed by atoms with Crippen molar-refractivity contribution >= 4 is 22.0 Å². The molecule has 1 atom stereocenters. The lowest BCUT2D eigenvalue weighted by molar-refractivity contribution is -0.138. The van der Waals surface area contributed by atoms with Gasteiger partial charge in [-0.2, -0.15) is 4.72 Å². The van der Waals surface area contributed by atoms with Gasteiger partial charge in [0.05, 0.1) is 47.2 Å². The fourth-order valence-corrected chi connectivity index (χ4v) is 4.06. The number of nitrogens with zero attached hydrogens (tertiary/aromatic N) is 1. The minimum atomic E-state index is -3.93. The quantitative estimate of drug-likeness (QED) is 0.249. The molecule has 0 spiro atoms. The summed E-state index contributed by atoms with van der Waals surface area (Å²) in [5.41, 5.74) is 6.61. The highest BCUT2D eigenvalue weighted by molar-refractivity contribution is 7.89. The van der Waals surface area contributed by atoms with Crippen LogP contribution in [-0.2, 0) is 19.6 Å². The fourth-order valence-electron chi connectivity index (χ4n) is 2.93. The monoisotopic (exact) mass is 458 g/mol. The predicted molar refractivity (Wildman–Crippen MR) is 115 cm³/mol. The number of ether oxygens (including phenoxy) is 2. The molecule has 10 nitrogen and oxygen atoms in total. The van der Waals surface area contributed by atoms with E-state index < -0.39 is 34.5 Å². The first-order valence-corrected chi connectivity index (χ1v) is 11.1. The highest BCUT2D eigenvalue weighted by atomic mass is 32.2. The van der Waals surface area contributed by atoms with Crippen LogP contribution >= 0.6 is 0 Å². The summed E-state index contributed by atoms with van der Waals surface area (Å²) in [7, 11) is -3.93. The number of aromatic nitrogens is 2. The van der Waals surface area contributed by atoms with Gasteiger partial charge < -0.3 is 20.2 Å². The number of aromatic amines is 1. The SMILES string of the molecule is CCOc1cccc(C(=O)OC(=O)C[C@@H](N)NS(=O)(=O)c2ccccc2)c1-c1c[nH]cn1.